The van der Waals surface area contributed by atoms with Crippen LogP contribution in [0.4, 0.5) is 21.0 Å². The Morgan fingerprint density at radius 2 is 1.57 bits per heavy atom. The monoisotopic (exact) mass is 550 g/mol. The fourth-order valence-electron chi connectivity index (χ4n) is 5.24. The van der Waals surface area contributed by atoms with Gasteiger partial charge < -0.3 is 34.4 Å². The first kappa shape index (κ1) is 27.7. The van der Waals surface area contributed by atoms with Crippen LogP contribution >= 0.6 is 0 Å². The summed E-state index contributed by atoms with van der Waals surface area (Å²) < 4.78 is 10.9. The highest BCUT2D eigenvalue weighted by molar-refractivity contribution is 5.98. The predicted molar refractivity (Wildman–Crippen MR) is 152 cm³/mol. The van der Waals surface area contributed by atoms with Crippen LogP contribution in [0, 0.1) is 0 Å². The predicted octanol–water partition coefficient (Wildman–Crippen LogP) is 2.45. The fraction of sp³-hybridized carbons (Fsp3) is 0.483. The first-order chi connectivity index (χ1) is 19.6. The van der Waals surface area contributed by atoms with Crippen LogP contribution in [0.5, 0.6) is 0 Å². The number of rotatable bonds is 5. The summed E-state index contributed by atoms with van der Waals surface area (Å²) in [4.78, 5) is 46.8. The van der Waals surface area contributed by atoms with E-state index in [1.807, 2.05) is 57.2 Å². The van der Waals surface area contributed by atoms with Crippen molar-refractivity contribution in [3.63, 3.8) is 0 Å². The number of hydrogen-bond acceptors (Lipinski definition) is 7. The van der Waals surface area contributed by atoms with Gasteiger partial charge in [0.2, 0.25) is 0 Å². The summed E-state index contributed by atoms with van der Waals surface area (Å²) in [6.07, 6.45) is 0.309. The molecule has 2 aromatic rings. The summed E-state index contributed by atoms with van der Waals surface area (Å²) in [5.74, 6) is -0.0584. The van der Waals surface area contributed by atoms with Gasteiger partial charge in [0.05, 0.1) is 24.6 Å². The summed E-state index contributed by atoms with van der Waals surface area (Å²) in [6, 6.07) is 15.0. The lowest BCUT2D eigenvalue weighted by atomic mass is 10.1. The van der Waals surface area contributed by atoms with Crippen LogP contribution in [0.2, 0.25) is 0 Å². The normalized spacial score (nSPS) is 18.2. The number of ether oxygens (including phenoxy) is 2. The van der Waals surface area contributed by atoms with Crippen molar-refractivity contribution in [3.8, 4) is 0 Å². The van der Waals surface area contributed by atoms with Crippen LogP contribution in [0.1, 0.15) is 22.3 Å². The molecule has 3 aliphatic heterocycles. The van der Waals surface area contributed by atoms with Crippen molar-refractivity contribution >= 4 is 29.4 Å². The van der Waals surface area contributed by atoms with E-state index in [1.54, 1.807) is 6.07 Å². The molecule has 11 heteroatoms. The third kappa shape index (κ3) is 7.02. The minimum absolute atomic E-state index is 0.0404. The Labute approximate surface area is 235 Å². The first-order valence-electron chi connectivity index (χ1n) is 14.1. The molecule has 40 heavy (non-hydrogen) atoms. The van der Waals surface area contributed by atoms with Crippen LogP contribution in [-0.4, -0.2) is 111 Å². The molecule has 11 nitrogen and oxygen atoms in total. The van der Waals surface area contributed by atoms with Gasteiger partial charge in [-0.3, -0.25) is 10.1 Å². The van der Waals surface area contributed by atoms with Crippen molar-refractivity contribution in [2.45, 2.75) is 13.0 Å². The fourth-order valence-corrected chi connectivity index (χ4v) is 5.24. The average molecular weight is 551 g/mol. The van der Waals surface area contributed by atoms with Gasteiger partial charge in [-0.25, -0.2) is 9.59 Å². The highest BCUT2D eigenvalue weighted by Crippen LogP contribution is 2.29. The molecular formula is C29H38N6O5. The summed E-state index contributed by atoms with van der Waals surface area (Å²) in [6.45, 7) is 7.83. The number of benzene rings is 2. The minimum Gasteiger partial charge on any atom is -0.444 e. The second-order valence-corrected chi connectivity index (χ2v) is 10.2. The van der Waals surface area contributed by atoms with Crippen LogP contribution in [0.3, 0.4) is 0 Å². The second-order valence-electron chi connectivity index (χ2n) is 10.2. The number of hydrogen-bond donors (Lipinski definition) is 2. The lowest BCUT2D eigenvalue weighted by Crippen LogP contribution is -2.54. The average Bonchev–Trinajstić information content (AvgIpc) is 3.30. The van der Waals surface area contributed by atoms with Gasteiger partial charge in [0, 0.05) is 64.5 Å². The molecule has 214 valence electrons. The van der Waals surface area contributed by atoms with Gasteiger partial charge in [-0.05, 0) is 36.7 Å². The van der Waals surface area contributed by atoms with Crippen molar-refractivity contribution in [1.29, 1.82) is 0 Å². The zero-order valence-corrected chi connectivity index (χ0v) is 22.8. The summed E-state index contributed by atoms with van der Waals surface area (Å²) >= 11 is 0. The number of carbonyl (C=O) groups excluding carboxylic acids is 3. The third-order valence-corrected chi connectivity index (χ3v) is 7.49. The molecule has 0 aromatic heterocycles. The van der Waals surface area contributed by atoms with Crippen molar-refractivity contribution < 1.29 is 23.9 Å². The van der Waals surface area contributed by atoms with Gasteiger partial charge in [-0.1, -0.05) is 30.3 Å². The summed E-state index contributed by atoms with van der Waals surface area (Å²) in [5.41, 5.74) is 2.72. The largest absolute Gasteiger partial charge is 0.444 e. The zero-order valence-electron chi connectivity index (χ0n) is 22.8. The maximum Gasteiger partial charge on any atom is 0.412 e. The molecule has 3 aliphatic rings. The number of anilines is 2. The van der Waals surface area contributed by atoms with Gasteiger partial charge in [0.1, 0.15) is 6.61 Å². The maximum absolute atomic E-state index is 13.3. The number of piperazine rings is 1. The Bertz CT molecular complexity index is 1160. The number of nitrogens with one attached hydrogen (secondary N) is 2. The molecule has 3 heterocycles. The Morgan fingerprint density at radius 3 is 2.35 bits per heavy atom. The van der Waals surface area contributed by atoms with Crippen LogP contribution in [0.15, 0.2) is 48.5 Å². The van der Waals surface area contributed by atoms with E-state index >= 15 is 0 Å². The molecule has 5 rings (SSSR count). The molecule has 3 saturated heterocycles. The molecule has 3 fully saturated rings. The van der Waals surface area contributed by atoms with Crippen molar-refractivity contribution in [2.24, 2.45) is 0 Å². The number of amides is 4. The highest BCUT2D eigenvalue weighted by Gasteiger charge is 2.28. The van der Waals surface area contributed by atoms with E-state index in [9.17, 15) is 14.4 Å². The van der Waals surface area contributed by atoms with Crippen LogP contribution in [-0.2, 0) is 16.1 Å². The van der Waals surface area contributed by atoms with Crippen LogP contribution in [0.25, 0.3) is 0 Å². The Balaban J connectivity index is 1.29. The van der Waals surface area contributed by atoms with Gasteiger partial charge >= 0.3 is 12.1 Å². The Hall–Kier alpha value is -3.83. The quantitative estimate of drug-likeness (QED) is 0.589. The van der Waals surface area contributed by atoms with E-state index in [2.05, 4.69) is 15.5 Å². The minimum atomic E-state index is -0.588. The standard InChI is InChI=1S/C29H38N6O5/c36-27(33-11-4-9-30-10-12-33)24-7-8-26(25(21-24)31-28(37)40-22-23-5-2-1-3-6-23)32-13-15-34(16-14-32)29(38)35-17-19-39-20-18-35/h1-3,5-8,21,30H,4,9-20,22H2,(H,31,37). The molecule has 2 N–H and O–H groups in total. The number of morpholine rings is 1. The summed E-state index contributed by atoms with van der Waals surface area (Å²) in [5, 5.41) is 6.21. The second kappa shape index (κ2) is 13.5. The van der Waals surface area contributed by atoms with Gasteiger partial charge in [-0.2, -0.15) is 0 Å². The molecule has 0 unspecified atom stereocenters. The van der Waals surface area contributed by atoms with Crippen molar-refractivity contribution in [3.05, 3.63) is 59.7 Å². The molecule has 0 aliphatic carbocycles. The van der Waals surface area contributed by atoms with E-state index in [0.717, 1.165) is 30.8 Å². The Morgan fingerprint density at radius 1 is 0.825 bits per heavy atom. The van der Waals surface area contributed by atoms with E-state index < -0.39 is 6.09 Å². The van der Waals surface area contributed by atoms with Crippen LogP contribution < -0.4 is 15.5 Å². The zero-order chi connectivity index (χ0) is 27.7. The molecule has 4 amide bonds. The molecule has 0 saturated carbocycles. The topological polar surface area (TPSA) is 107 Å². The number of urea groups is 1. The molecule has 0 spiro atoms. The molecular weight excluding hydrogens is 512 g/mol. The molecule has 0 bridgehead atoms. The number of carbonyl (C=O) groups is 3. The van der Waals surface area contributed by atoms with E-state index in [4.69, 9.17) is 9.47 Å². The number of nitrogens with zero attached hydrogens (tertiary/aromatic N) is 4. The van der Waals surface area contributed by atoms with Gasteiger partial charge in [-0.15, -0.1) is 0 Å². The van der Waals surface area contributed by atoms with E-state index in [0.29, 0.717) is 76.8 Å². The van der Waals surface area contributed by atoms with E-state index in [-0.39, 0.29) is 18.5 Å². The Kier molecular flexibility index (Phi) is 9.35. The maximum atomic E-state index is 13.3. The van der Waals surface area contributed by atoms with E-state index in [1.165, 1.54) is 0 Å². The molecule has 2 aromatic carbocycles. The smallest absolute Gasteiger partial charge is 0.412 e. The lowest BCUT2D eigenvalue weighted by Gasteiger charge is -2.39. The first-order valence-corrected chi connectivity index (χ1v) is 14.1. The van der Waals surface area contributed by atoms with Gasteiger partial charge in [0.15, 0.2) is 0 Å². The third-order valence-electron chi connectivity index (χ3n) is 7.49. The van der Waals surface area contributed by atoms with Crippen molar-refractivity contribution in [2.75, 3.05) is 88.9 Å². The lowest BCUT2D eigenvalue weighted by molar-refractivity contribution is 0.0428. The SMILES string of the molecule is O=C(Nc1cc(C(=O)N2CCCNCC2)ccc1N1CCN(C(=O)N2CCOCC2)CC1)OCc1ccccc1. The molecule has 0 radical (unpaired) electrons. The highest BCUT2D eigenvalue weighted by atomic mass is 16.5. The van der Waals surface area contributed by atoms with Gasteiger partial charge in [0.25, 0.3) is 5.91 Å². The molecule has 0 atom stereocenters. The van der Waals surface area contributed by atoms with Crippen molar-refractivity contribution in [1.82, 2.24) is 20.0 Å². The summed E-state index contributed by atoms with van der Waals surface area (Å²) in [7, 11) is 0.